The molecule has 2 atom stereocenters. The molecule has 28 heavy (non-hydrogen) atoms. The van der Waals surface area contributed by atoms with E-state index in [1.807, 2.05) is 6.07 Å². The summed E-state index contributed by atoms with van der Waals surface area (Å²) in [7, 11) is 0. The standard InChI is InChI=1S/C21H24BrCl2NO3/c22-21-9-13-5-14(10-21)8-20(7-13,12-21)19(27)28-11-18(26)25-4-3-15-1-2-16(23)6-17(15)24/h1-2,6,13-14H,3-5,7-12H2,(H,25,26)/t13-,14-,20?,21?/m0/s1. The highest BCUT2D eigenvalue weighted by atomic mass is 79.9. The lowest BCUT2D eigenvalue weighted by molar-refractivity contribution is -0.171. The van der Waals surface area contributed by atoms with E-state index in [9.17, 15) is 9.59 Å². The number of carbonyl (C=O) groups excluding carboxylic acids is 2. The fraction of sp³-hybridized carbons (Fsp3) is 0.619. The van der Waals surface area contributed by atoms with Crippen molar-refractivity contribution in [1.82, 2.24) is 5.32 Å². The zero-order valence-corrected chi connectivity index (χ0v) is 18.7. The molecule has 0 spiro atoms. The molecule has 0 unspecified atom stereocenters. The Morgan fingerprint density at radius 2 is 1.89 bits per heavy atom. The van der Waals surface area contributed by atoms with E-state index in [2.05, 4.69) is 21.2 Å². The molecule has 4 nitrogen and oxygen atoms in total. The minimum Gasteiger partial charge on any atom is -0.455 e. The molecule has 4 saturated carbocycles. The molecule has 0 saturated heterocycles. The zero-order chi connectivity index (χ0) is 19.9. The van der Waals surface area contributed by atoms with Crippen LogP contribution in [0.2, 0.25) is 10.0 Å². The molecule has 1 aromatic carbocycles. The number of halogens is 3. The molecule has 0 radical (unpaired) electrons. The number of esters is 1. The lowest BCUT2D eigenvalue weighted by Crippen LogP contribution is -2.56. The molecule has 7 heteroatoms. The van der Waals surface area contributed by atoms with Crippen LogP contribution in [-0.4, -0.2) is 29.4 Å². The topological polar surface area (TPSA) is 55.4 Å². The van der Waals surface area contributed by atoms with Crippen LogP contribution >= 0.6 is 39.1 Å². The first kappa shape index (κ1) is 20.5. The maximum atomic E-state index is 12.9. The highest BCUT2D eigenvalue weighted by molar-refractivity contribution is 9.10. The summed E-state index contributed by atoms with van der Waals surface area (Å²) in [6.45, 7) is 0.205. The zero-order valence-electron chi connectivity index (χ0n) is 15.6. The van der Waals surface area contributed by atoms with Gasteiger partial charge in [0.05, 0.1) is 5.41 Å². The molecule has 1 N–H and O–H groups in total. The van der Waals surface area contributed by atoms with Gasteiger partial charge in [-0.2, -0.15) is 0 Å². The van der Waals surface area contributed by atoms with Crippen LogP contribution in [0.4, 0.5) is 0 Å². The van der Waals surface area contributed by atoms with Gasteiger partial charge in [-0.15, -0.1) is 0 Å². The van der Waals surface area contributed by atoms with E-state index in [0.717, 1.165) is 37.7 Å². The van der Waals surface area contributed by atoms with Gasteiger partial charge in [0.1, 0.15) is 0 Å². The molecule has 4 aliphatic carbocycles. The maximum absolute atomic E-state index is 12.9. The van der Waals surface area contributed by atoms with Gasteiger partial charge in [0.25, 0.3) is 5.91 Å². The Balaban J connectivity index is 1.25. The van der Waals surface area contributed by atoms with E-state index in [0.29, 0.717) is 34.8 Å². The molecule has 4 fully saturated rings. The number of nitrogens with one attached hydrogen (secondary N) is 1. The molecule has 1 amide bonds. The SMILES string of the molecule is O=C(COC(=O)C12C[C@@H]3C[C@H](CC(Br)(C3)C1)C2)NCCc1ccc(Cl)cc1Cl. The maximum Gasteiger partial charge on any atom is 0.312 e. The Morgan fingerprint density at radius 3 is 2.54 bits per heavy atom. The molecule has 0 aromatic heterocycles. The number of hydrogen-bond donors (Lipinski definition) is 1. The Kier molecular flexibility index (Phi) is 5.71. The smallest absolute Gasteiger partial charge is 0.312 e. The third-order valence-corrected chi connectivity index (χ3v) is 8.00. The van der Waals surface area contributed by atoms with E-state index in [1.54, 1.807) is 12.1 Å². The minimum absolute atomic E-state index is 0.0935. The van der Waals surface area contributed by atoms with Gasteiger partial charge in [-0.1, -0.05) is 45.2 Å². The average Bonchev–Trinajstić information content (AvgIpc) is 2.59. The number of amides is 1. The summed E-state index contributed by atoms with van der Waals surface area (Å²) in [6.07, 6.45) is 6.80. The van der Waals surface area contributed by atoms with Crippen molar-refractivity contribution < 1.29 is 14.3 Å². The Morgan fingerprint density at radius 1 is 1.18 bits per heavy atom. The Bertz CT molecular complexity index is 786. The van der Waals surface area contributed by atoms with Gasteiger partial charge in [-0.3, -0.25) is 9.59 Å². The number of hydrogen-bond acceptors (Lipinski definition) is 3. The molecule has 0 heterocycles. The highest BCUT2D eigenvalue weighted by Gasteiger charge is 2.60. The first-order chi connectivity index (χ1) is 13.3. The van der Waals surface area contributed by atoms with Crippen molar-refractivity contribution in [3.8, 4) is 0 Å². The second-order valence-corrected chi connectivity index (χ2v) is 11.3. The van der Waals surface area contributed by atoms with Crippen molar-refractivity contribution in [3.05, 3.63) is 33.8 Å². The summed E-state index contributed by atoms with van der Waals surface area (Å²) < 4.78 is 5.55. The van der Waals surface area contributed by atoms with E-state index in [-0.39, 0.29) is 22.8 Å². The van der Waals surface area contributed by atoms with Crippen molar-refractivity contribution in [2.45, 2.75) is 49.3 Å². The fourth-order valence-electron chi connectivity index (χ4n) is 5.79. The first-order valence-electron chi connectivity index (χ1n) is 9.84. The van der Waals surface area contributed by atoms with E-state index in [4.69, 9.17) is 27.9 Å². The summed E-state index contributed by atoms with van der Waals surface area (Å²) in [5, 5.41) is 3.96. The number of ether oxygens (including phenoxy) is 1. The van der Waals surface area contributed by atoms with Crippen LogP contribution < -0.4 is 5.32 Å². The average molecular weight is 489 g/mol. The molecule has 1 aromatic rings. The normalized spacial score (nSPS) is 33.0. The molecular formula is C21H24BrCl2NO3. The largest absolute Gasteiger partial charge is 0.455 e. The van der Waals surface area contributed by atoms with Gasteiger partial charge in [0.15, 0.2) is 6.61 Å². The predicted molar refractivity (Wildman–Crippen MR) is 113 cm³/mol. The van der Waals surface area contributed by atoms with E-state index >= 15 is 0 Å². The van der Waals surface area contributed by atoms with E-state index in [1.165, 1.54) is 6.42 Å². The Labute approximate surface area is 183 Å². The third kappa shape index (κ3) is 4.22. The summed E-state index contributed by atoms with van der Waals surface area (Å²) >= 11 is 15.9. The van der Waals surface area contributed by atoms with E-state index < -0.39 is 5.41 Å². The first-order valence-corrected chi connectivity index (χ1v) is 11.4. The minimum atomic E-state index is -0.398. The molecule has 0 aliphatic heterocycles. The molecular weight excluding hydrogens is 465 g/mol. The Hall–Kier alpha value is -0.780. The van der Waals surface area contributed by atoms with Crippen molar-refractivity contribution in [2.24, 2.45) is 17.3 Å². The molecule has 4 bridgehead atoms. The second-order valence-electron chi connectivity index (χ2n) is 8.80. The highest BCUT2D eigenvalue weighted by Crippen LogP contribution is 2.64. The second kappa shape index (κ2) is 7.81. The number of rotatable bonds is 6. The van der Waals surface area contributed by atoms with Crippen molar-refractivity contribution >= 4 is 51.0 Å². The van der Waals surface area contributed by atoms with Crippen molar-refractivity contribution in [2.75, 3.05) is 13.2 Å². The van der Waals surface area contributed by atoms with Crippen molar-refractivity contribution in [3.63, 3.8) is 0 Å². The van der Waals surface area contributed by atoms with Crippen LogP contribution in [0.15, 0.2) is 18.2 Å². The summed E-state index contributed by atoms with van der Waals surface area (Å²) in [5.74, 6) is 0.732. The van der Waals surface area contributed by atoms with Gasteiger partial charge in [-0.05, 0) is 74.5 Å². The number of carbonyl (C=O) groups is 2. The lowest BCUT2D eigenvalue weighted by Gasteiger charge is -2.58. The summed E-state index contributed by atoms with van der Waals surface area (Å²) in [6, 6.07) is 5.30. The van der Waals surface area contributed by atoms with Crippen LogP contribution in [0.1, 0.15) is 44.1 Å². The van der Waals surface area contributed by atoms with Gasteiger partial charge in [-0.25, -0.2) is 0 Å². The van der Waals surface area contributed by atoms with Crippen LogP contribution in [-0.2, 0) is 20.7 Å². The summed E-state index contributed by atoms with van der Waals surface area (Å²) in [4.78, 5) is 25.0. The van der Waals surface area contributed by atoms with Crippen LogP contribution in [0.5, 0.6) is 0 Å². The van der Waals surface area contributed by atoms with Crippen molar-refractivity contribution in [1.29, 1.82) is 0 Å². The van der Waals surface area contributed by atoms with Crippen LogP contribution in [0, 0.1) is 17.3 Å². The van der Waals surface area contributed by atoms with Gasteiger partial charge >= 0.3 is 5.97 Å². The monoisotopic (exact) mass is 487 g/mol. The quantitative estimate of drug-likeness (QED) is 0.456. The van der Waals surface area contributed by atoms with Gasteiger partial charge < -0.3 is 10.1 Å². The molecule has 152 valence electrons. The van der Waals surface area contributed by atoms with Crippen LogP contribution in [0.3, 0.4) is 0 Å². The fourth-order valence-corrected chi connectivity index (χ4v) is 7.74. The molecule has 5 rings (SSSR count). The van der Waals surface area contributed by atoms with Crippen LogP contribution in [0.25, 0.3) is 0 Å². The summed E-state index contributed by atoms with van der Waals surface area (Å²) in [5.41, 5.74) is 0.518. The van der Waals surface area contributed by atoms with Gasteiger partial charge in [0, 0.05) is 20.9 Å². The van der Waals surface area contributed by atoms with Gasteiger partial charge in [0.2, 0.25) is 0 Å². The number of benzene rings is 1. The third-order valence-electron chi connectivity index (χ3n) is 6.49. The number of alkyl halides is 1. The lowest BCUT2D eigenvalue weighted by atomic mass is 9.49. The predicted octanol–water partition coefficient (Wildman–Crippen LogP) is 4.93. The molecule has 4 aliphatic rings.